The van der Waals surface area contributed by atoms with E-state index in [1.165, 1.54) is 22.1 Å². The van der Waals surface area contributed by atoms with E-state index < -0.39 is 0 Å². The quantitative estimate of drug-likeness (QED) is 0.633. The molecule has 1 fully saturated rings. The third kappa shape index (κ3) is 3.36. The first-order valence-electron chi connectivity index (χ1n) is 8.24. The SMILES string of the molecule is O=C(c1ccc(Br)s1)N1CCCC1Cn1nc(-n2ccnc2)ccc1=O. The van der Waals surface area contributed by atoms with Crippen LogP contribution in [0.4, 0.5) is 0 Å². The summed E-state index contributed by atoms with van der Waals surface area (Å²) in [5.41, 5.74) is -0.174. The highest BCUT2D eigenvalue weighted by molar-refractivity contribution is 9.11. The molecule has 0 bridgehead atoms. The number of hydrogen-bond acceptors (Lipinski definition) is 5. The monoisotopic (exact) mass is 433 g/mol. The molecule has 4 rings (SSSR count). The zero-order chi connectivity index (χ0) is 18.1. The molecule has 1 amide bonds. The van der Waals surface area contributed by atoms with Crippen LogP contribution in [-0.4, -0.2) is 42.7 Å². The summed E-state index contributed by atoms with van der Waals surface area (Å²) in [4.78, 5) is 31.6. The van der Waals surface area contributed by atoms with Crippen molar-refractivity contribution in [2.45, 2.75) is 25.4 Å². The molecule has 3 aromatic rings. The number of rotatable bonds is 4. The standard InChI is InChI=1S/C17H16BrN5O2S/c18-14-4-3-13(26-14)17(25)22-8-1-2-12(22)10-23-16(24)6-5-15(20-23)21-9-7-19-11-21/h3-7,9,11-12H,1-2,8,10H2. The second-order valence-electron chi connectivity index (χ2n) is 6.08. The Morgan fingerprint density at radius 3 is 2.92 bits per heavy atom. The highest BCUT2D eigenvalue weighted by atomic mass is 79.9. The minimum absolute atomic E-state index is 0.0158. The topological polar surface area (TPSA) is 73.0 Å². The summed E-state index contributed by atoms with van der Waals surface area (Å²) in [6, 6.07) is 6.84. The smallest absolute Gasteiger partial charge is 0.266 e. The summed E-state index contributed by atoms with van der Waals surface area (Å²) >= 11 is 4.83. The molecular weight excluding hydrogens is 418 g/mol. The van der Waals surface area contributed by atoms with Crippen LogP contribution >= 0.6 is 27.3 Å². The van der Waals surface area contributed by atoms with E-state index in [9.17, 15) is 9.59 Å². The van der Waals surface area contributed by atoms with Gasteiger partial charge in [0.2, 0.25) is 0 Å². The maximum atomic E-state index is 12.8. The number of amides is 1. The average molecular weight is 434 g/mol. The maximum absolute atomic E-state index is 12.8. The molecule has 1 unspecified atom stereocenters. The van der Waals surface area contributed by atoms with E-state index in [4.69, 9.17) is 0 Å². The van der Waals surface area contributed by atoms with Crippen LogP contribution in [0.25, 0.3) is 5.82 Å². The van der Waals surface area contributed by atoms with Crippen molar-refractivity contribution in [2.75, 3.05) is 6.54 Å². The van der Waals surface area contributed by atoms with E-state index in [0.717, 1.165) is 16.6 Å². The molecule has 0 aromatic carbocycles. The summed E-state index contributed by atoms with van der Waals surface area (Å²) in [6.07, 6.45) is 6.86. The molecule has 0 saturated carbocycles. The lowest BCUT2D eigenvalue weighted by molar-refractivity contribution is 0.0725. The molecule has 1 atom stereocenters. The number of aromatic nitrogens is 4. The van der Waals surface area contributed by atoms with Gasteiger partial charge in [-0.15, -0.1) is 11.3 Å². The van der Waals surface area contributed by atoms with Crippen molar-refractivity contribution in [3.63, 3.8) is 0 Å². The van der Waals surface area contributed by atoms with Crippen LogP contribution in [0, 0.1) is 0 Å². The molecule has 26 heavy (non-hydrogen) atoms. The van der Waals surface area contributed by atoms with E-state index in [-0.39, 0.29) is 17.5 Å². The van der Waals surface area contributed by atoms with Gasteiger partial charge in [0.05, 0.1) is 21.3 Å². The van der Waals surface area contributed by atoms with Crippen LogP contribution < -0.4 is 5.56 Å². The Kier molecular flexibility index (Phi) is 4.73. The molecule has 4 heterocycles. The van der Waals surface area contributed by atoms with Crippen molar-refractivity contribution in [3.05, 3.63) is 62.0 Å². The molecule has 0 spiro atoms. The first-order valence-corrected chi connectivity index (χ1v) is 9.85. The second-order valence-corrected chi connectivity index (χ2v) is 8.54. The fourth-order valence-corrected chi connectivity index (χ4v) is 4.51. The molecular formula is C17H16BrN5O2S. The third-order valence-corrected chi connectivity index (χ3v) is 6.04. The van der Waals surface area contributed by atoms with Crippen molar-refractivity contribution in [1.29, 1.82) is 0 Å². The summed E-state index contributed by atoms with van der Waals surface area (Å²) in [6.45, 7) is 1.09. The zero-order valence-electron chi connectivity index (χ0n) is 13.8. The summed E-state index contributed by atoms with van der Waals surface area (Å²) in [7, 11) is 0. The Morgan fingerprint density at radius 2 is 2.19 bits per heavy atom. The predicted octanol–water partition coefficient (Wildman–Crippen LogP) is 2.56. The van der Waals surface area contributed by atoms with Crippen LogP contribution in [0.15, 0.2) is 51.6 Å². The molecule has 0 N–H and O–H groups in total. The molecule has 134 valence electrons. The minimum atomic E-state index is -0.174. The van der Waals surface area contributed by atoms with Gasteiger partial charge in [-0.3, -0.25) is 14.2 Å². The molecule has 1 aliphatic heterocycles. The Balaban J connectivity index is 1.57. The van der Waals surface area contributed by atoms with Gasteiger partial charge in [0.1, 0.15) is 6.33 Å². The normalized spacial score (nSPS) is 17.0. The van der Waals surface area contributed by atoms with Crippen LogP contribution in [0.2, 0.25) is 0 Å². The Hall–Kier alpha value is -2.26. The Bertz CT molecular complexity index is 981. The van der Waals surface area contributed by atoms with Crippen molar-refractivity contribution in [1.82, 2.24) is 24.2 Å². The van der Waals surface area contributed by atoms with Gasteiger partial charge in [-0.25, -0.2) is 9.67 Å². The highest BCUT2D eigenvalue weighted by Gasteiger charge is 2.30. The summed E-state index contributed by atoms with van der Waals surface area (Å²) < 4.78 is 4.12. The average Bonchev–Trinajstić information content (AvgIpc) is 3.37. The van der Waals surface area contributed by atoms with E-state index in [1.54, 1.807) is 29.4 Å². The molecule has 0 aliphatic carbocycles. The first-order chi connectivity index (χ1) is 12.6. The van der Waals surface area contributed by atoms with Crippen LogP contribution in [0.3, 0.4) is 0 Å². The lowest BCUT2D eigenvalue weighted by Gasteiger charge is -2.24. The second kappa shape index (κ2) is 7.16. The number of carbonyl (C=O) groups is 1. The summed E-state index contributed by atoms with van der Waals surface area (Å²) in [5, 5.41) is 4.43. The van der Waals surface area contributed by atoms with Gasteiger partial charge >= 0.3 is 0 Å². The molecule has 7 nitrogen and oxygen atoms in total. The zero-order valence-corrected chi connectivity index (χ0v) is 16.2. The van der Waals surface area contributed by atoms with Gasteiger partial charge in [-0.1, -0.05) is 0 Å². The molecule has 1 saturated heterocycles. The third-order valence-electron chi connectivity index (χ3n) is 4.43. The Morgan fingerprint density at radius 1 is 1.31 bits per heavy atom. The number of likely N-dealkylation sites (tertiary alicyclic amines) is 1. The number of imidazole rings is 1. The minimum Gasteiger partial charge on any atom is -0.333 e. The van der Waals surface area contributed by atoms with Gasteiger partial charge in [-0.05, 0) is 47.0 Å². The number of nitrogens with zero attached hydrogens (tertiary/aromatic N) is 5. The fraction of sp³-hybridized carbons (Fsp3) is 0.294. The van der Waals surface area contributed by atoms with Crippen LogP contribution in [0.5, 0.6) is 0 Å². The fourth-order valence-electron chi connectivity index (χ4n) is 3.16. The van der Waals surface area contributed by atoms with Gasteiger partial charge < -0.3 is 4.90 Å². The maximum Gasteiger partial charge on any atom is 0.266 e. The van der Waals surface area contributed by atoms with Crippen LogP contribution in [-0.2, 0) is 6.54 Å². The predicted molar refractivity (Wildman–Crippen MR) is 102 cm³/mol. The largest absolute Gasteiger partial charge is 0.333 e. The van der Waals surface area contributed by atoms with Crippen molar-refractivity contribution < 1.29 is 4.79 Å². The molecule has 3 aromatic heterocycles. The number of carbonyl (C=O) groups excluding carboxylic acids is 1. The highest BCUT2D eigenvalue weighted by Crippen LogP contribution is 2.27. The van der Waals surface area contributed by atoms with E-state index in [0.29, 0.717) is 23.8 Å². The summed E-state index contributed by atoms with van der Waals surface area (Å²) in [5.74, 6) is 0.641. The number of hydrogen-bond donors (Lipinski definition) is 0. The van der Waals surface area contributed by atoms with Crippen molar-refractivity contribution in [3.8, 4) is 5.82 Å². The van der Waals surface area contributed by atoms with E-state index in [2.05, 4.69) is 26.0 Å². The van der Waals surface area contributed by atoms with Gasteiger partial charge in [0, 0.05) is 25.0 Å². The molecule has 1 aliphatic rings. The van der Waals surface area contributed by atoms with Crippen molar-refractivity contribution >= 4 is 33.2 Å². The van der Waals surface area contributed by atoms with Gasteiger partial charge in [-0.2, -0.15) is 5.10 Å². The lowest BCUT2D eigenvalue weighted by Crippen LogP contribution is -2.40. The van der Waals surface area contributed by atoms with Gasteiger partial charge in [0.15, 0.2) is 5.82 Å². The van der Waals surface area contributed by atoms with E-state index >= 15 is 0 Å². The van der Waals surface area contributed by atoms with Gasteiger partial charge in [0.25, 0.3) is 11.5 Å². The lowest BCUT2D eigenvalue weighted by atomic mass is 10.2. The number of halogens is 1. The molecule has 9 heteroatoms. The van der Waals surface area contributed by atoms with E-state index in [1.807, 2.05) is 17.0 Å². The van der Waals surface area contributed by atoms with Crippen LogP contribution in [0.1, 0.15) is 22.5 Å². The van der Waals surface area contributed by atoms with Crippen molar-refractivity contribution in [2.24, 2.45) is 0 Å². The Labute approximate surface area is 162 Å². The number of thiophene rings is 1. The molecule has 0 radical (unpaired) electrons. The first kappa shape index (κ1) is 17.2.